The van der Waals surface area contributed by atoms with Gasteiger partial charge in [-0.05, 0) is 49.2 Å². The van der Waals surface area contributed by atoms with E-state index < -0.39 is 46.5 Å². The van der Waals surface area contributed by atoms with Crippen molar-refractivity contribution in [3.63, 3.8) is 0 Å². The van der Waals surface area contributed by atoms with Gasteiger partial charge in [0.05, 0.1) is 6.10 Å². The Bertz CT molecular complexity index is 1170. The molecule has 0 saturated heterocycles. The maximum absolute atomic E-state index is 13.5. The fourth-order valence-corrected chi connectivity index (χ4v) is 8.08. The van der Waals surface area contributed by atoms with E-state index in [1.807, 2.05) is 13.2 Å². The predicted molar refractivity (Wildman–Crippen MR) is 148 cm³/mol. The topological polar surface area (TPSA) is 119 Å². The molecule has 38 heavy (non-hydrogen) atoms. The summed E-state index contributed by atoms with van der Waals surface area (Å²) >= 11 is 1.59. The third-order valence-corrected chi connectivity index (χ3v) is 11.0. The second-order valence-corrected chi connectivity index (χ2v) is 13.1. The van der Waals surface area contributed by atoms with Gasteiger partial charge in [-0.2, -0.15) is 11.8 Å². The van der Waals surface area contributed by atoms with E-state index in [0.29, 0.717) is 19.4 Å². The number of carbonyl (C=O) groups is 2. The van der Waals surface area contributed by atoms with E-state index in [1.165, 1.54) is 0 Å². The summed E-state index contributed by atoms with van der Waals surface area (Å²) in [7, 11) is 0. The van der Waals surface area contributed by atoms with Crippen molar-refractivity contribution in [2.45, 2.75) is 72.0 Å². The normalized spacial score (nSPS) is 38.7. The summed E-state index contributed by atoms with van der Waals surface area (Å²) in [6.45, 7) is 12.2. The van der Waals surface area contributed by atoms with Crippen LogP contribution in [-0.2, 0) is 14.3 Å². The Morgan fingerprint density at radius 3 is 2.58 bits per heavy atom. The van der Waals surface area contributed by atoms with Gasteiger partial charge in [0.15, 0.2) is 12.4 Å². The van der Waals surface area contributed by atoms with E-state index in [-0.39, 0.29) is 40.4 Å². The molecule has 3 saturated carbocycles. The molecule has 8 nitrogen and oxygen atoms in total. The van der Waals surface area contributed by atoms with Crippen LogP contribution in [0.25, 0.3) is 0 Å². The maximum Gasteiger partial charge on any atom is 0.344 e. The van der Waals surface area contributed by atoms with Crippen LogP contribution in [0, 0.1) is 34.0 Å². The molecule has 0 heterocycles. The number of esters is 1. The number of anilines is 1. The Balaban J connectivity index is 1.61. The lowest BCUT2D eigenvalue weighted by atomic mass is 9.44. The van der Waals surface area contributed by atoms with Crippen LogP contribution in [-0.4, -0.2) is 54.2 Å². The van der Waals surface area contributed by atoms with Gasteiger partial charge in [0.25, 0.3) is 10.9 Å². The summed E-state index contributed by atoms with van der Waals surface area (Å²) in [6, 6.07) is 0. The standard InChI is InChI=1S/C29H41NO7S/c1-7-27(4)14-19(37-20(32)15-36-24-21(22(33)23(24)34)30-12-13-38-6)28(5)16(2)8-10-29(17(3)26(27)35)11-9-18(31)25(28)29/h7,16-17,19,25-26,30,35H,1,8-15H2,2-6H3/t16-,17+,19-,25+,26+,27-,28+,29+/m1/s1. The largest absolute Gasteiger partial charge is 0.475 e. The van der Waals surface area contributed by atoms with Crippen LogP contribution in [0.4, 0.5) is 5.69 Å². The average molecular weight is 548 g/mol. The third kappa shape index (κ3) is 4.34. The van der Waals surface area contributed by atoms with Crippen LogP contribution in [0.3, 0.4) is 0 Å². The first-order valence-electron chi connectivity index (χ1n) is 13.6. The van der Waals surface area contributed by atoms with Crippen molar-refractivity contribution >= 4 is 29.2 Å². The number of carbonyl (C=O) groups excluding carboxylic acids is 2. The number of Topliss-reactive ketones (excluding diaryl/α,β-unsaturated/α-hetero) is 1. The molecule has 3 fully saturated rings. The number of hydrogen-bond acceptors (Lipinski definition) is 9. The van der Waals surface area contributed by atoms with Gasteiger partial charge in [0, 0.05) is 35.5 Å². The highest BCUT2D eigenvalue weighted by Crippen LogP contribution is 2.68. The minimum atomic E-state index is -0.763. The summed E-state index contributed by atoms with van der Waals surface area (Å²) in [5.41, 5.74) is -3.05. The van der Waals surface area contributed by atoms with Gasteiger partial charge in [0.1, 0.15) is 17.6 Å². The molecular weight excluding hydrogens is 506 g/mol. The SMILES string of the molecule is C=C[C@]1(C)C[C@@H](OC(=O)COc2c(NCCSC)c(=O)c2=O)[C@]2(C)[C@H](C)CC[C@]3(CCC(=O)[C@H]32)[C@@H](C)[C@@H]1O. The number of rotatable bonds is 9. The number of ketones is 1. The highest BCUT2D eigenvalue weighted by Gasteiger charge is 2.68. The van der Waals surface area contributed by atoms with Crippen molar-refractivity contribution in [1.29, 1.82) is 0 Å². The van der Waals surface area contributed by atoms with Crippen molar-refractivity contribution in [2.24, 2.45) is 34.0 Å². The molecule has 210 valence electrons. The van der Waals surface area contributed by atoms with Crippen LogP contribution in [0.2, 0.25) is 0 Å². The molecule has 0 aromatic heterocycles. The fourth-order valence-electron chi connectivity index (χ4n) is 7.77. The predicted octanol–water partition coefficient (Wildman–Crippen LogP) is 3.34. The molecule has 0 aliphatic heterocycles. The molecule has 3 aliphatic carbocycles. The summed E-state index contributed by atoms with van der Waals surface area (Å²) in [6.07, 6.45) is 5.50. The minimum Gasteiger partial charge on any atom is -0.475 e. The summed E-state index contributed by atoms with van der Waals surface area (Å²) in [4.78, 5) is 50.7. The molecule has 1 aromatic rings. The Morgan fingerprint density at radius 2 is 1.92 bits per heavy atom. The monoisotopic (exact) mass is 547 g/mol. The summed E-state index contributed by atoms with van der Waals surface area (Å²) in [5.74, 6) is -0.221. The Hall–Kier alpha value is -2.13. The first kappa shape index (κ1) is 28.9. The molecule has 0 spiro atoms. The smallest absolute Gasteiger partial charge is 0.344 e. The molecule has 0 unspecified atom stereocenters. The zero-order valence-electron chi connectivity index (χ0n) is 23.1. The number of aliphatic hydroxyl groups is 1. The van der Waals surface area contributed by atoms with Crippen molar-refractivity contribution in [2.75, 3.05) is 30.5 Å². The van der Waals surface area contributed by atoms with Crippen LogP contribution in [0.5, 0.6) is 5.75 Å². The number of ether oxygens (including phenoxy) is 2. The molecular formula is C29H41NO7S. The highest BCUT2D eigenvalue weighted by atomic mass is 32.2. The Kier molecular flexibility index (Phi) is 7.94. The van der Waals surface area contributed by atoms with Crippen molar-refractivity contribution in [3.8, 4) is 5.75 Å². The molecule has 3 aliphatic rings. The lowest BCUT2D eigenvalue weighted by molar-refractivity contribution is -0.207. The van der Waals surface area contributed by atoms with Crippen LogP contribution < -0.4 is 20.9 Å². The van der Waals surface area contributed by atoms with Crippen LogP contribution in [0.15, 0.2) is 22.2 Å². The van der Waals surface area contributed by atoms with E-state index in [2.05, 4.69) is 32.7 Å². The number of thioether (sulfide) groups is 1. The molecule has 0 radical (unpaired) electrons. The highest BCUT2D eigenvalue weighted by molar-refractivity contribution is 7.98. The second-order valence-electron chi connectivity index (χ2n) is 12.1. The molecule has 1 aromatic carbocycles. The molecule has 2 N–H and O–H groups in total. The van der Waals surface area contributed by atoms with E-state index in [4.69, 9.17) is 9.47 Å². The van der Waals surface area contributed by atoms with Crippen LogP contribution >= 0.6 is 11.8 Å². The lowest BCUT2D eigenvalue weighted by Crippen LogP contribution is -2.63. The number of hydrogen-bond donors (Lipinski definition) is 2. The van der Waals surface area contributed by atoms with Gasteiger partial charge in [-0.3, -0.25) is 14.4 Å². The van der Waals surface area contributed by atoms with E-state index in [9.17, 15) is 24.3 Å². The number of nitrogens with one attached hydrogen (secondary N) is 1. The number of aliphatic hydroxyl groups excluding tert-OH is 1. The molecule has 8 atom stereocenters. The molecule has 9 heteroatoms. The first-order chi connectivity index (χ1) is 17.9. The van der Waals surface area contributed by atoms with Gasteiger partial charge in [-0.25, -0.2) is 4.79 Å². The van der Waals surface area contributed by atoms with E-state index in [0.717, 1.165) is 25.0 Å². The van der Waals surface area contributed by atoms with Gasteiger partial charge >= 0.3 is 5.97 Å². The quantitative estimate of drug-likeness (QED) is 0.208. The molecule has 0 amide bonds. The van der Waals surface area contributed by atoms with Crippen molar-refractivity contribution in [1.82, 2.24) is 0 Å². The second kappa shape index (κ2) is 10.5. The van der Waals surface area contributed by atoms with Gasteiger partial charge in [-0.1, -0.05) is 33.8 Å². The van der Waals surface area contributed by atoms with E-state index in [1.54, 1.807) is 17.8 Å². The zero-order valence-corrected chi connectivity index (χ0v) is 23.9. The lowest BCUT2D eigenvalue weighted by Gasteiger charge is -2.61. The first-order valence-corrected chi connectivity index (χ1v) is 15.0. The van der Waals surface area contributed by atoms with Crippen molar-refractivity contribution < 1.29 is 24.2 Å². The average Bonchev–Trinajstić information content (AvgIpc) is 3.25. The molecule has 4 rings (SSSR count). The van der Waals surface area contributed by atoms with E-state index >= 15 is 0 Å². The maximum atomic E-state index is 13.5. The fraction of sp³-hybridized carbons (Fsp3) is 0.724. The minimum absolute atomic E-state index is 0.0911. The molecule has 2 bridgehead atoms. The van der Waals surface area contributed by atoms with Gasteiger partial charge in [0.2, 0.25) is 0 Å². The summed E-state index contributed by atoms with van der Waals surface area (Å²) in [5, 5.41) is 14.5. The van der Waals surface area contributed by atoms with Crippen molar-refractivity contribution in [3.05, 3.63) is 33.1 Å². The van der Waals surface area contributed by atoms with Gasteiger partial charge in [-0.15, -0.1) is 6.58 Å². The Labute approximate surface area is 228 Å². The van der Waals surface area contributed by atoms with Crippen LogP contribution in [0.1, 0.15) is 59.8 Å². The Morgan fingerprint density at radius 1 is 1.21 bits per heavy atom. The zero-order chi connectivity index (χ0) is 28.0. The third-order valence-electron chi connectivity index (χ3n) is 10.4. The summed E-state index contributed by atoms with van der Waals surface area (Å²) < 4.78 is 11.6. The van der Waals surface area contributed by atoms with Gasteiger partial charge < -0.3 is 19.9 Å².